The lowest BCUT2D eigenvalue weighted by Gasteiger charge is -2.10. The molecule has 3 aromatic rings. The minimum absolute atomic E-state index is 0.271. The molecule has 0 radical (unpaired) electrons. The van der Waals surface area contributed by atoms with E-state index in [1.165, 1.54) is 13.3 Å². The molecule has 0 heterocycles. The van der Waals surface area contributed by atoms with Gasteiger partial charge >= 0.3 is 5.97 Å². The molecule has 1 N–H and O–H groups in total. The molecule has 0 aliphatic carbocycles. The van der Waals surface area contributed by atoms with Gasteiger partial charge in [0.15, 0.2) is 11.5 Å². The van der Waals surface area contributed by atoms with Gasteiger partial charge in [0.25, 0.3) is 5.91 Å². The Kier molecular flexibility index (Phi) is 7.99. The highest BCUT2D eigenvalue weighted by Gasteiger charge is 2.13. The van der Waals surface area contributed by atoms with E-state index in [0.717, 1.165) is 4.47 Å². The first kappa shape index (κ1) is 23.0. The second kappa shape index (κ2) is 11.1. The summed E-state index contributed by atoms with van der Waals surface area (Å²) in [4.78, 5) is 24.6. The summed E-state index contributed by atoms with van der Waals surface area (Å²) in [6.07, 6.45) is 1.47. The minimum atomic E-state index is -0.506. The van der Waals surface area contributed by atoms with Crippen molar-refractivity contribution in [2.24, 2.45) is 5.10 Å². The fourth-order valence-electron chi connectivity index (χ4n) is 2.72. The smallest absolute Gasteiger partial charge is 0.343 e. The summed E-state index contributed by atoms with van der Waals surface area (Å²) in [7, 11) is 1.47. The Morgan fingerprint density at radius 1 is 1.00 bits per heavy atom. The number of halogens is 1. The van der Waals surface area contributed by atoms with Crippen molar-refractivity contribution in [3.63, 3.8) is 0 Å². The van der Waals surface area contributed by atoms with Gasteiger partial charge in [0.05, 0.1) is 25.5 Å². The van der Waals surface area contributed by atoms with Crippen molar-refractivity contribution in [1.29, 1.82) is 0 Å². The Morgan fingerprint density at radius 2 is 1.78 bits per heavy atom. The van der Waals surface area contributed by atoms with Crippen molar-refractivity contribution in [1.82, 2.24) is 5.43 Å². The summed E-state index contributed by atoms with van der Waals surface area (Å²) in [5.41, 5.74) is 3.98. The van der Waals surface area contributed by atoms with Crippen molar-refractivity contribution in [3.8, 4) is 17.2 Å². The number of hydrogen-bond donors (Lipinski definition) is 1. The number of nitrogens with zero attached hydrogens (tertiary/aromatic N) is 1. The van der Waals surface area contributed by atoms with Gasteiger partial charge in [-0.1, -0.05) is 22.0 Å². The maximum atomic E-state index is 12.4. The standard InChI is InChI=1S/C24H21BrN2O5/c1-3-31-20-10-8-17(9-11-20)23(28)27-26-15-16-7-12-21(22(13-16)30-2)32-24(29)18-5-4-6-19(25)14-18/h4-15H,3H2,1-2H3,(H,27,28)/b26-15-. The first-order chi connectivity index (χ1) is 15.5. The van der Waals surface area contributed by atoms with Crippen LogP contribution >= 0.6 is 15.9 Å². The summed E-state index contributed by atoms with van der Waals surface area (Å²) >= 11 is 3.33. The highest BCUT2D eigenvalue weighted by atomic mass is 79.9. The van der Waals surface area contributed by atoms with Crippen LogP contribution in [0, 0.1) is 0 Å². The molecule has 164 valence electrons. The van der Waals surface area contributed by atoms with Crippen molar-refractivity contribution < 1.29 is 23.8 Å². The zero-order valence-corrected chi connectivity index (χ0v) is 19.1. The largest absolute Gasteiger partial charge is 0.494 e. The van der Waals surface area contributed by atoms with Crippen molar-refractivity contribution in [3.05, 3.63) is 87.9 Å². The lowest BCUT2D eigenvalue weighted by Crippen LogP contribution is -2.17. The molecule has 0 unspecified atom stereocenters. The number of benzene rings is 3. The number of carbonyl (C=O) groups excluding carboxylic acids is 2. The van der Waals surface area contributed by atoms with Crippen LogP contribution in [0.3, 0.4) is 0 Å². The zero-order valence-electron chi connectivity index (χ0n) is 17.5. The molecule has 0 bridgehead atoms. The monoisotopic (exact) mass is 496 g/mol. The molecule has 0 saturated carbocycles. The number of carbonyl (C=O) groups is 2. The molecule has 0 fully saturated rings. The number of amides is 1. The van der Waals surface area contributed by atoms with Crippen molar-refractivity contribution >= 4 is 34.0 Å². The van der Waals surface area contributed by atoms with E-state index in [0.29, 0.717) is 34.8 Å². The Morgan fingerprint density at radius 3 is 2.47 bits per heavy atom. The third-order valence-corrected chi connectivity index (χ3v) is 4.75. The van der Waals surface area contributed by atoms with E-state index in [1.807, 2.05) is 13.0 Å². The predicted octanol–water partition coefficient (Wildman–Crippen LogP) is 4.84. The lowest BCUT2D eigenvalue weighted by molar-refractivity contribution is 0.0729. The Balaban J connectivity index is 1.64. The van der Waals surface area contributed by atoms with Gasteiger partial charge in [-0.25, -0.2) is 10.2 Å². The van der Waals surface area contributed by atoms with Crippen molar-refractivity contribution in [2.75, 3.05) is 13.7 Å². The maximum absolute atomic E-state index is 12.4. The maximum Gasteiger partial charge on any atom is 0.343 e. The average molecular weight is 497 g/mol. The number of hydrazone groups is 1. The van der Waals surface area contributed by atoms with E-state index in [9.17, 15) is 9.59 Å². The zero-order chi connectivity index (χ0) is 22.9. The van der Waals surface area contributed by atoms with Gasteiger partial charge < -0.3 is 14.2 Å². The topological polar surface area (TPSA) is 86.2 Å². The fraction of sp³-hybridized carbons (Fsp3) is 0.125. The number of nitrogens with one attached hydrogen (secondary N) is 1. The summed E-state index contributed by atoms with van der Waals surface area (Å²) in [5.74, 6) is 0.466. The fourth-order valence-corrected chi connectivity index (χ4v) is 3.12. The molecule has 7 nitrogen and oxygen atoms in total. The highest BCUT2D eigenvalue weighted by Crippen LogP contribution is 2.28. The molecule has 0 atom stereocenters. The lowest BCUT2D eigenvalue weighted by atomic mass is 10.2. The normalized spacial score (nSPS) is 10.6. The molecule has 32 heavy (non-hydrogen) atoms. The van der Waals surface area contributed by atoms with Crippen LogP contribution in [0.15, 0.2) is 76.3 Å². The van der Waals surface area contributed by atoms with Gasteiger partial charge in [0.1, 0.15) is 5.75 Å². The molecule has 0 aliphatic rings. The van der Waals surface area contributed by atoms with Crippen LogP contribution in [-0.4, -0.2) is 31.8 Å². The predicted molar refractivity (Wildman–Crippen MR) is 125 cm³/mol. The van der Waals surface area contributed by atoms with Gasteiger partial charge in [-0.05, 0) is 73.2 Å². The summed E-state index contributed by atoms with van der Waals surface area (Å²) in [5, 5.41) is 3.98. The quantitative estimate of drug-likeness (QED) is 0.208. The summed E-state index contributed by atoms with van der Waals surface area (Å²) in [6.45, 7) is 2.45. The molecule has 1 amide bonds. The Hall–Kier alpha value is -3.65. The summed E-state index contributed by atoms with van der Waals surface area (Å²) < 4.78 is 16.9. The van der Waals surface area contributed by atoms with E-state index in [2.05, 4.69) is 26.5 Å². The van der Waals surface area contributed by atoms with Gasteiger partial charge in [-0.2, -0.15) is 5.10 Å². The number of esters is 1. The van der Waals surface area contributed by atoms with Gasteiger partial charge in [-0.15, -0.1) is 0 Å². The SMILES string of the molecule is CCOc1ccc(C(=O)N/N=C\c2ccc(OC(=O)c3cccc(Br)c3)c(OC)c2)cc1. The first-order valence-corrected chi connectivity index (χ1v) is 10.5. The number of ether oxygens (including phenoxy) is 3. The first-order valence-electron chi connectivity index (χ1n) is 9.72. The third kappa shape index (κ3) is 6.18. The van der Waals surface area contributed by atoms with Crippen LogP contribution in [0.2, 0.25) is 0 Å². The summed E-state index contributed by atoms with van der Waals surface area (Å²) in [6, 6.07) is 18.6. The number of methoxy groups -OCH3 is 1. The van der Waals surface area contributed by atoms with Gasteiger partial charge in [-0.3, -0.25) is 4.79 Å². The van der Waals surface area contributed by atoms with E-state index < -0.39 is 5.97 Å². The molecule has 0 aromatic heterocycles. The van der Waals surface area contributed by atoms with Crippen LogP contribution in [0.1, 0.15) is 33.2 Å². The Labute approximate surface area is 194 Å². The van der Waals surface area contributed by atoms with Crippen LogP contribution in [-0.2, 0) is 0 Å². The average Bonchev–Trinajstić information content (AvgIpc) is 2.80. The third-order valence-electron chi connectivity index (χ3n) is 4.26. The van der Waals surface area contributed by atoms with Gasteiger partial charge in [0.2, 0.25) is 0 Å². The Bertz CT molecular complexity index is 1130. The van der Waals surface area contributed by atoms with Crippen LogP contribution in [0.4, 0.5) is 0 Å². The molecule has 8 heteroatoms. The van der Waals surface area contributed by atoms with E-state index in [4.69, 9.17) is 14.2 Å². The van der Waals surface area contributed by atoms with Gasteiger partial charge in [0, 0.05) is 10.0 Å². The highest BCUT2D eigenvalue weighted by molar-refractivity contribution is 9.10. The van der Waals surface area contributed by atoms with E-state index in [-0.39, 0.29) is 11.7 Å². The van der Waals surface area contributed by atoms with E-state index in [1.54, 1.807) is 60.7 Å². The second-order valence-electron chi connectivity index (χ2n) is 6.47. The molecular weight excluding hydrogens is 476 g/mol. The van der Waals surface area contributed by atoms with Crippen molar-refractivity contribution in [2.45, 2.75) is 6.92 Å². The van der Waals surface area contributed by atoms with Crippen LogP contribution in [0.25, 0.3) is 0 Å². The molecule has 0 spiro atoms. The van der Waals surface area contributed by atoms with Crippen LogP contribution in [0.5, 0.6) is 17.2 Å². The second-order valence-corrected chi connectivity index (χ2v) is 7.38. The number of rotatable bonds is 8. The number of hydrogen-bond acceptors (Lipinski definition) is 6. The molecule has 3 aromatic carbocycles. The molecule has 0 aliphatic heterocycles. The molecular formula is C24H21BrN2O5. The molecule has 3 rings (SSSR count). The minimum Gasteiger partial charge on any atom is -0.494 e. The molecule has 0 saturated heterocycles. The van der Waals surface area contributed by atoms with E-state index >= 15 is 0 Å². The van der Waals surface area contributed by atoms with Crippen LogP contribution < -0.4 is 19.6 Å².